The van der Waals surface area contributed by atoms with Crippen LogP contribution in [0.2, 0.25) is 5.02 Å². The Morgan fingerprint density at radius 1 is 1.03 bits per heavy atom. The molecule has 0 saturated heterocycles. The van der Waals surface area contributed by atoms with E-state index in [2.05, 4.69) is 17.0 Å². The van der Waals surface area contributed by atoms with Gasteiger partial charge in [-0.05, 0) is 67.9 Å². The van der Waals surface area contributed by atoms with Gasteiger partial charge in [0.15, 0.2) is 0 Å². The van der Waals surface area contributed by atoms with Crippen LogP contribution in [0.25, 0.3) is 28.2 Å². The molecule has 7 nitrogen and oxygen atoms in total. The summed E-state index contributed by atoms with van der Waals surface area (Å²) in [6.07, 6.45) is 5.61. The van der Waals surface area contributed by atoms with E-state index in [-0.39, 0.29) is 5.56 Å². The second kappa shape index (κ2) is 9.80. The number of halogens is 1. The quantitative estimate of drug-likeness (QED) is 0.250. The summed E-state index contributed by atoms with van der Waals surface area (Å²) < 4.78 is 14.8. The number of aromatic nitrogens is 4. The molecule has 0 bridgehead atoms. The second-order valence-corrected chi connectivity index (χ2v) is 8.78. The molecule has 0 spiro atoms. The lowest BCUT2D eigenvalue weighted by Crippen LogP contribution is -2.22. The van der Waals surface area contributed by atoms with Gasteiger partial charge in [-0.3, -0.25) is 4.79 Å². The van der Waals surface area contributed by atoms with Crippen molar-refractivity contribution in [3.05, 3.63) is 93.8 Å². The summed E-state index contributed by atoms with van der Waals surface area (Å²) in [6.45, 7) is 4.98. The van der Waals surface area contributed by atoms with Gasteiger partial charge in [0.1, 0.15) is 22.7 Å². The number of unbranched alkanes of at least 4 members (excludes halogenated alkanes) is 1. The molecule has 0 aliphatic heterocycles. The molecule has 0 fully saturated rings. The summed E-state index contributed by atoms with van der Waals surface area (Å²) in [6, 6.07) is 16.9. The van der Waals surface area contributed by atoms with E-state index in [0.717, 1.165) is 35.4 Å². The third-order valence-corrected chi connectivity index (χ3v) is 6.08. The van der Waals surface area contributed by atoms with Crippen molar-refractivity contribution in [3.63, 3.8) is 0 Å². The second-order valence-electron chi connectivity index (χ2n) is 8.35. The van der Waals surface area contributed by atoms with E-state index in [1.807, 2.05) is 43.3 Å². The number of hydrogen-bond donors (Lipinski definition) is 0. The third kappa shape index (κ3) is 4.86. The number of oxazole rings is 1. The highest BCUT2D eigenvalue weighted by atomic mass is 35.5. The standard InChI is InChI=1S/C27H25ClN4O3/c1-3-4-15-34-22-11-7-19(8-12-22)23-16-25-27(33)31(13-14-32(25)30-23)17-24-18(2)35-26(29-24)20-5-9-21(28)10-6-20/h5-14,16H,3-4,15,17H2,1-2H3. The largest absolute Gasteiger partial charge is 0.494 e. The molecule has 0 aliphatic carbocycles. The molecule has 5 rings (SSSR count). The van der Waals surface area contributed by atoms with Crippen molar-refractivity contribution in [3.8, 4) is 28.5 Å². The van der Waals surface area contributed by atoms with Gasteiger partial charge >= 0.3 is 0 Å². The van der Waals surface area contributed by atoms with Crippen molar-refractivity contribution in [2.75, 3.05) is 6.61 Å². The Bertz CT molecular complexity index is 1520. The molecule has 5 aromatic rings. The summed E-state index contributed by atoms with van der Waals surface area (Å²) in [5.74, 6) is 1.99. The monoisotopic (exact) mass is 488 g/mol. The molecule has 3 aromatic heterocycles. The molecule has 35 heavy (non-hydrogen) atoms. The smallest absolute Gasteiger partial charge is 0.276 e. The SMILES string of the molecule is CCCCOc1ccc(-c2cc3c(=O)n(Cc4nc(-c5ccc(Cl)cc5)oc4C)ccn3n2)cc1. The highest BCUT2D eigenvalue weighted by Crippen LogP contribution is 2.24. The summed E-state index contributed by atoms with van der Waals surface area (Å²) >= 11 is 5.98. The summed E-state index contributed by atoms with van der Waals surface area (Å²) in [5, 5.41) is 5.23. The fourth-order valence-electron chi connectivity index (χ4n) is 3.80. The fraction of sp³-hybridized carbons (Fsp3) is 0.222. The van der Waals surface area contributed by atoms with E-state index in [1.165, 1.54) is 0 Å². The van der Waals surface area contributed by atoms with E-state index < -0.39 is 0 Å². The van der Waals surface area contributed by atoms with Crippen molar-refractivity contribution >= 4 is 17.1 Å². The lowest BCUT2D eigenvalue weighted by atomic mass is 10.1. The zero-order valence-corrected chi connectivity index (χ0v) is 20.3. The molecular formula is C27H25ClN4O3. The van der Waals surface area contributed by atoms with Crippen molar-refractivity contribution in [2.24, 2.45) is 0 Å². The average molecular weight is 489 g/mol. The molecule has 0 atom stereocenters. The molecule has 2 aromatic carbocycles. The Morgan fingerprint density at radius 3 is 2.51 bits per heavy atom. The third-order valence-electron chi connectivity index (χ3n) is 5.82. The zero-order chi connectivity index (χ0) is 24.4. The van der Waals surface area contributed by atoms with E-state index in [0.29, 0.717) is 41.0 Å². The maximum absolute atomic E-state index is 13.2. The van der Waals surface area contributed by atoms with Gasteiger partial charge in [0.2, 0.25) is 5.89 Å². The Hall–Kier alpha value is -3.84. The number of ether oxygens (including phenoxy) is 1. The van der Waals surface area contributed by atoms with Crippen molar-refractivity contribution in [1.82, 2.24) is 19.2 Å². The highest BCUT2D eigenvalue weighted by Gasteiger charge is 2.15. The lowest BCUT2D eigenvalue weighted by Gasteiger charge is -2.05. The molecule has 0 aliphatic rings. The van der Waals surface area contributed by atoms with Crippen molar-refractivity contribution in [1.29, 1.82) is 0 Å². The minimum atomic E-state index is -0.152. The topological polar surface area (TPSA) is 74.6 Å². The minimum absolute atomic E-state index is 0.152. The number of benzene rings is 2. The summed E-state index contributed by atoms with van der Waals surface area (Å²) in [5.41, 5.74) is 3.50. The highest BCUT2D eigenvalue weighted by molar-refractivity contribution is 6.30. The Morgan fingerprint density at radius 2 is 1.77 bits per heavy atom. The molecule has 0 N–H and O–H groups in total. The van der Waals surface area contributed by atoms with Crippen LogP contribution in [0.1, 0.15) is 31.2 Å². The predicted molar refractivity (Wildman–Crippen MR) is 136 cm³/mol. The van der Waals surface area contributed by atoms with E-state index >= 15 is 0 Å². The van der Waals surface area contributed by atoms with Crippen LogP contribution in [-0.2, 0) is 6.54 Å². The van der Waals surface area contributed by atoms with E-state index in [4.69, 9.17) is 20.8 Å². The molecule has 178 valence electrons. The van der Waals surface area contributed by atoms with Crippen LogP contribution >= 0.6 is 11.6 Å². The normalized spacial score (nSPS) is 11.3. The first-order valence-electron chi connectivity index (χ1n) is 11.6. The van der Waals surface area contributed by atoms with Crippen LogP contribution in [-0.4, -0.2) is 25.8 Å². The van der Waals surface area contributed by atoms with Gasteiger partial charge in [0, 0.05) is 28.5 Å². The zero-order valence-electron chi connectivity index (χ0n) is 19.6. The Labute approximate surface area is 207 Å². The number of nitrogens with zero attached hydrogens (tertiary/aromatic N) is 4. The first-order valence-corrected chi connectivity index (χ1v) is 11.9. The Balaban J connectivity index is 1.39. The van der Waals surface area contributed by atoms with E-state index in [9.17, 15) is 4.79 Å². The van der Waals surface area contributed by atoms with Gasteiger partial charge in [-0.25, -0.2) is 9.50 Å². The van der Waals surface area contributed by atoms with Gasteiger partial charge in [-0.15, -0.1) is 0 Å². The molecule has 0 amide bonds. The number of aryl methyl sites for hydroxylation is 1. The lowest BCUT2D eigenvalue weighted by molar-refractivity contribution is 0.309. The molecule has 3 heterocycles. The van der Waals surface area contributed by atoms with Crippen molar-refractivity contribution in [2.45, 2.75) is 33.2 Å². The van der Waals surface area contributed by atoms with Gasteiger partial charge < -0.3 is 13.7 Å². The maximum Gasteiger partial charge on any atom is 0.276 e. The van der Waals surface area contributed by atoms with Crippen LogP contribution < -0.4 is 10.3 Å². The fourth-order valence-corrected chi connectivity index (χ4v) is 3.93. The van der Waals surface area contributed by atoms with Gasteiger partial charge in [0.25, 0.3) is 5.56 Å². The first kappa shape index (κ1) is 22.9. The summed E-state index contributed by atoms with van der Waals surface area (Å²) in [7, 11) is 0. The number of rotatable bonds is 8. The van der Waals surface area contributed by atoms with E-state index in [1.54, 1.807) is 39.7 Å². The van der Waals surface area contributed by atoms with Gasteiger partial charge in [0.05, 0.1) is 18.8 Å². The molecular weight excluding hydrogens is 464 g/mol. The maximum atomic E-state index is 13.2. The molecule has 0 radical (unpaired) electrons. The number of fused-ring (bicyclic) bond motifs is 1. The van der Waals surface area contributed by atoms with Crippen LogP contribution in [0.3, 0.4) is 0 Å². The van der Waals surface area contributed by atoms with Crippen LogP contribution in [0, 0.1) is 6.92 Å². The first-order chi connectivity index (χ1) is 17.0. The molecule has 0 unspecified atom stereocenters. The minimum Gasteiger partial charge on any atom is -0.494 e. The van der Waals surface area contributed by atoms with Crippen LogP contribution in [0.4, 0.5) is 0 Å². The van der Waals surface area contributed by atoms with Crippen LogP contribution in [0.5, 0.6) is 5.75 Å². The Kier molecular flexibility index (Phi) is 6.42. The van der Waals surface area contributed by atoms with Gasteiger partial charge in [-0.2, -0.15) is 5.10 Å². The number of hydrogen-bond acceptors (Lipinski definition) is 5. The predicted octanol–water partition coefficient (Wildman–Crippen LogP) is 6.01. The summed E-state index contributed by atoms with van der Waals surface area (Å²) in [4.78, 5) is 17.8. The average Bonchev–Trinajstić information content (AvgIpc) is 3.46. The van der Waals surface area contributed by atoms with Crippen LogP contribution in [0.15, 0.2) is 76.2 Å². The molecule has 8 heteroatoms. The van der Waals surface area contributed by atoms with Gasteiger partial charge in [-0.1, -0.05) is 24.9 Å². The molecule has 0 saturated carbocycles. The van der Waals surface area contributed by atoms with Crippen molar-refractivity contribution < 1.29 is 9.15 Å².